The molecular weight excluding hydrogens is 709 g/mol. The van der Waals surface area contributed by atoms with Crippen LogP contribution in [0.3, 0.4) is 0 Å². The lowest BCUT2D eigenvalue weighted by Gasteiger charge is -2.18. The van der Waals surface area contributed by atoms with Gasteiger partial charge in [0.05, 0.1) is 0 Å². The molecule has 0 saturated heterocycles. The molecule has 0 heterocycles. The summed E-state index contributed by atoms with van der Waals surface area (Å²) >= 11 is 0. The van der Waals surface area contributed by atoms with E-state index in [1.165, 1.54) is 25.7 Å². The molecule has 0 fully saturated rings. The van der Waals surface area contributed by atoms with Gasteiger partial charge in [0.15, 0.2) is 6.10 Å². The molecule has 0 aromatic rings. The van der Waals surface area contributed by atoms with Crippen molar-refractivity contribution in [3.63, 3.8) is 0 Å². The molecule has 0 radical (unpaired) electrons. The van der Waals surface area contributed by atoms with Crippen LogP contribution in [0.15, 0.2) is 109 Å². The van der Waals surface area contributed by atoms with E-state index in [2.05, 4.69) is 81.5 Å². The summed E-state index contributed by atoms with van der Waals surface area (Å²) in [6.45, 7) is 6.22. The number of hydrogen-bond acceptors (Lipinski definition) is 6. The number of ether oxygens (including phenoxy) is 3. The summed E-state index contributed by atoms with van der Waals surface area (Å²) in [6.07, 6.45) is 59.3. The SMILES string of the molecule is CC\C=C/C=C\C=C/C=C\CCCCCCCC(=O)OCC(COC(=O)CCC/C=C\CCCCCC)OC(=O)CCCCCCC\C=C/C=C\C=C/C=C\CC. The zero-order valence-corrected chi connectivity index (χ0v) is 36.3. The smallest absolute Gasteiger partial charge is 0.306 e. The van der Waals surface area contributed by atoms with Crippen LogP contribution in [-0.2, 0) is 28.6 Å². The Labute approximate surface area is 349 Å². The number of allylic oxidation sites excluding steroid dienone is 18. The summed E-state index contributed by atoms with van der Waals surface area (Å²) in [5.74, 6) is -1.01. The Bertz CT molecular complexity index is 1230. The van der Waals surface area contributed by atoms with Crippen molar-refractivity contribution < 1.29 is 28.6 Å². The van der Waals surface area contributed by atoms with Crippen LogP contribution in [0.2, 0.25) is 0 Å². The van der Waals surface area contributed by atoms with Gasteiger partial charge in [-0.3, -0.25) is 14.4 Å². The third-order valence-corrected chi connectivity index (χ3v) is 8.93. The topological polar surface area (TPSA) is 78.9 Å². The Kier molecular flexibility index (Phi) is 41.7. The molecule has 0 rings (SSSR count). The number of carbonyl (C=O) groups excluding carboxylic acids is 3. The van der Waals surface area contributed by atoms with E-state index in [9.17, 15) is 14.4 Å². The number of rotatable bonds is 38. The minimum Gasteiger partial charge on any atom is -0.462 e. The zero-order chi connectivity index (χ0) is 41.5. The third-order valence-electron chi connectivity index (χ3n) is 8.93. The summed E-state index contributed by atoms with van der Waals surface area (Å²) in [4.78, 5) is 37.7. The monoisotopic (exact) mass is 789 g/mol. The van der Waals surface area contributed by atoms with Crippen molar-refractivity contribution in [3.05, 3.63) is 109 Å². The van der Waals surface area contributed by atoms with E-state index >= 15 is 0 Å². The molecule has 320 valence electrons. The molecule has 0 bridgehead atoms. The summed E-state index contributed by atoms with van der Waals surface area (Å²) in [7, 11) is 0. The number of esters is 3. The Balaban J connectivity index is 4.50. The van der Waals surface area contributed by atoms with Gasteiger partial charge in [-0.1, -0.05) is 188 Å². The first-order valence-electron chi connectivity index (χ1n) is 22.5. The molecule has 0 aromatic carbocycles. The first kappa shape index (κ1) is 53.1. The lowest BCUT2D eigenvalue weighted by Crippen LogP contribution is -2.30. The van der Waals surface area contributed by atoms with Crippen LogP contribution < -0.4 is 0 Å². The molecule has 0 spiro atoms. The molecule has 0 aliphatic rings. The Morgan fingerprint density at radius 2 is 0.719 bits per heavy atom. The second kappa shape index (κ2) is 44.8. The predicted molar refractivity (Wildman–Crippen MR) is 242 cm³/mol. The van der Waals surface area contributed by atoms with Crippen LogP contribution in [-0.4, -0.2) is 37.2 Å². The molecule has 1 unspecified atom stereocenters. The first-order valence-corrected chi connectivity index (χ1v) is 22.5. The van der Waals surface area contributed by atoms with Gasteiger partial charge in [0, 0.05) is 19.3 Å². The van der Waals surface area contributed by atoms with E-state index in [1.54, 1.807) is 0 Å². The maximum atomic E-state index is 12.7. The summed E-state index contributed by atoms with van der Waals surface area (Å²) in [6, 6.07) is 0. The predicted octanol–water partition coefficient (Wildman–Crippen LogP) is 14.4. The van der Waals surface area contributed by atoms with Gasteiger partial charge in [-0.05, 0) is 77.0 Å². The van der Waals surface area contributed by atoms with Crippen LogP contribution in [0.5, 0.6) is 0 Å². The van der Waals surface area contributed by atoms with Gasteiger partial charge >= 0.3 is 17.9 Å². The van der Waals surface area contributed by atoms with E-state index < -0.39 is 6.10 Å². The average molecular weight is 789 g/mol. The summed E-state index contributed by atoms with van der Waals surface area (Å²) in [5, 5.41) is 0. The summed E-state index contributed by atoms with van der Waals surface area (Å²) in [5.41, 5.74) is 0. The van der Waals surface area contributed by atoms with Crippen molar-refractivity contribution in [1.29, 1.82) is 0 Å². The van der Waals surface area contributed by atoms with Gasteiger partial charge in [0.25, 0.3) is 0 Å². The largest absolute Gasteiger partial charge is 0.462 e. The van der Waals surface area contributed by atoms with Crippen molar-refractivity contribution in [3.8, 4) is 0 Å². The highest BCUT2D eigenvalue weighted by molar-refractivity contribution is 5.71. The average Bonchev–Trinajstić information content (AvgIpc) is 3.21. The van der Waals surface area contributed by atoms with Crippen molar-refractivity contribution in [2.24, 2.45) is 0 Å². The first-order chi connectivity index (χ1) is 28.0. The van der Waals surface area contributed by atoms with Crippen LogP contribution in [0.1, 0.15) is 175 Å². The van der Waals surface area contributed by atoms with Crippen molar-refractivity contribution in [2.45, 2.75) is 181 Å². The van der Waals surface area contributed by atoms with Gasteiger partial charge in [0.1, 0.15) is 13.2 Å². The molecule has 0 saturated carbocycles. The van der Waals surface area contributed by atoms with Crippen molar-refractivity contribution in [2.75, 3.05) is 13.2 Å². The highest BCUT2D eigenvalue weighted by Crippen LogP contribution is 2.12. The quantitative estimate of drug-likeness (QED) is 0.0204. The summed E-state index contributed by atoms with van der Waals surface area (Å²) < 4.78 is 16.6. The molecule has 0 aliphatic carbocycles. The Morgan fingerprint density at radius 3 is 1.19 bits per heavy atom. The highest BCUT2D eigenvalue weighted by Gasteiger charge is 2.19. The van der Waals surface area contributed by atoms with Crippen molar-refractivity contribution >= 4 is 17.9 Å². The fourth-order valence-corrected chi connectivity index (χ4v) is 5.58. The standard InChI is InChI=1S/C51H80O6/c1-4-7-10-13-16-19-21-23-25-27-29-32-35-38-41-44-50(53)56-47-48(46-55-49(52)43-40-37-34-31-18-15-12-9-6-3)57-51(54)45-42-39-36-33-30-28-26-24-22-20-17-14-11-8-5-2/h7-8,10-11,13-14,16-17,19-26,31,34,48H,4-6,9,12,15,18,27-30,32-33,35-47H2,1-3H3/b10-7-,11-8-,16-13-,17-14-,21-19-,22-20-,25-23-,26-24-,34-31-. The van der Waals surface area contributed by atoms with Gasteiger partial charge in [-0.15, -0.1) is 0 Å². The maximum absolute atomic E-state index is 12.7. The zero-order valence-electron chi connectivity index (χ0n) is 36.3. The highest BCUT2D eigenvalue weighted by atomic mass is 16.6. The number of unbranched alkanes of at least 4 members (excludes halogenated alkanes) is 15. The van der Waals surface area contributed by atoms with Crippen LogP contribution in [0.4, 0.5) is 0 Å². The van der Waals surface area contributed by atoms with Gasteiger partial charge in [-0.25, -0.2) is 0 Å². The lowest BCUT2D eigenvalue weighted by molar-refractivity contribution is -0.167. The maximum Gasteiger partial charge on any atom is 0.306 e. The minimum absolute atomic E-state index is 0.112. The van der Waals surface area contributed by atoms with E-state index in [0.717, 1.165) is 103 Å². The molecule has 0 aromatic heterocycles. The van der Waals surface area contributed by atoms with E-state index in [0.29, 0.717) is 19.3 Å². The Hall–Kier alpha value is -3.93. The minimum atomic E-state index is -0.811. The van der Waals surface area contributed by atoms with E-state index in [1.807, 2.05) is 48.6 Å². The molecular formula is C51H80O6. The second-order valence-corrected chi connectivity index (χ2v) is 14.4. The van der Waals surface area contributed by atoms with Crippen LogP contribution in [0.25, 0.3) is 0 Å². The van der Waals surface area contributed by atoms with Gasteiger partial charge < -0.3 is 14.2 Å². The molecule has 1 atom stereocenters. The van der Waals surface area contributed by atoms with Gasteiger partial charge in [-0.2, -0.15) is 0 Å². The molecule has 0 N–H and O–H groups in total. The van der Waals surface area contributed by atoms with Crippen LogP contribution >= 0.6 is 0 Å². The van der Waals surface area contributed by atoms with Crippen molar-refractivity contribution in [1.82, 2.24) is 0 Å². The number of carbonyl (C=O) groups is 3. The van der Waals surface area contributed by atoms with Gasteiger partial charge in [0.2, 0.25) is 0 Å². The van der Waals surface area contributed by atoms with E-state index in [4.69, 9.17) is 14.2 Å². The van der Waals surface area contributed by atoms with E-state index in [-0.39, 0.29) is 37.5 Å². The molecule has 6 nitrogen and oxygen atoms in total. The lowest BCUT2D eigenvalue weighted by atomic mass is 10.1. The number of hydrogen-bond donors (Lipinski definition) is 0. The second-order valence-electron chi connectivity index (χ2n) is 14.4. The van der Waals surface area contributed by atoms with Crippen LogP contribution in [0, 0.1) is 0 Å². The fourth-order valence-electron chi connectivity index (χ4n) is 5.58. The molecule has 0 aliphatic heterocycles. The normalized spacial score (nSPS) is 13.1. The molecule has 57 heavy (non-hydrogen) atoms. The Morgan fingerprint density at radius 1 is 0.368 bits per heavy atom. The fraction of sp³-hybridized carbons (Fsp3) is 0.588. The molecule has 6 heteroatoms. The molecule has 0 amide bonds. The third kappa shape index (κ3) is 43.0.